The van der Waals surface area contributed by atoms with E-state index >= 15 is 0 Å². The van der Waals surface area contributed by atoms with Gasteiger partial charge >= 0.3 is 0 Å². The molecule has 0 aromatic heterocycles. The summed E-state index contributed by atoms with van der Waals surface area (Å²) in [5.74, 6) is -0.301. The predicted molar refractivity (Wildman–Crippen MR) is 71.5 cm³/mol. The molecule has 1 aromatic carbocycles. The summed E-state index contributed by atoms with van der Waals surface area (Å²) in [5, 5.41) is 10.7. The quantitative estimate of drug-likeness (QED) is 0.615. The highest BCUT2D eigenvalue weighted by atomic mass is 35.5. The number of rotatable bonds is 5. The Morgan fingerprint density at radius 3 is 2.68 bits per heavy atom. The molecule has 1 atom stereocenters. The normalized spacial score (nSPS) is 12.0. The predicted octanol–water partition coefficient (Wildman–Crippen LogP) is 2.36. The summed E-state index contributed by atoms with van der Waals surface area (Å²) in [5.41, 5.74) is 0.0897. The summed E-state index contributed by atoms with van der Waals surface area (Å²) in [7, 11) is 3.18. The summed E-state index contributed by atoms with van der Waals surface area (Å²) in [6.45, 7) is 2.23. The van der Waals surface area contributed by atoms with Crippen LogP contribution in [0.25, 0.3) is 0 Å². The van der Waals surface area contributed by atoms with Crippen LogP contribution >= 0.6 is 11.6 Å². The minimum Gasteiger partial charge on any atom is -0.383 e. The van der Waals surface area contributed by atoms with Gasteiger partial charge in [-0.05, 0) is 13.0 Å². The maximum atomic E-state index is 12.2. The molecule has 0 radical (unpaired) electrons. The van der Waals surface area contributed by atoms with Crippen LogP contribution in [0.1, 0.15) is 17.3 Å². The number of ether oxygens (including phenoxy) is 1. The molecular formula is C12H15ClN2O4. The van der Waals surface area contributed by atoms with Gasteiger partial charge in [0.2, 0.25) is 0 Å². The average molecular weight is 287 g/mol. The number of likely N-dealkylation sites (N-methyl/N-ethyl adjacent to an activating group) is 1. The molecule has 7 heteroatoms. The zero-order valence-corrected chi connectivity index (χ0v) is 11.7. The Labute approximate surface area is 116 Å². The van der Waals surface area contributed by atoms with Crippen LogP contribution < -0.4 is 0 Å². The molecule has 0 aliphatic carbocycles. The van der Waals surface area contributed by atoms with Crippen LogP contribution in [0.4, 0.5) is 5.69 Å². The van der Waals surface area contributed by atoms with Gasteiger partial charge in [-0.15, -0.1) is 0 Å². The number of halogens is 1. The summed E-state index contributed by atoms with van der Waals surface area (Å²) in [6.07, 6.45) is 0. The molecule has 0 fully saturated rings. The van der Waals surface area contributed by atoms with Crippen molar-refractivity contribution in [2.75, 3.05) is 20.8 Å². The maximum Gasteiger partial charge on any atom is 0.270 e. The summed E-state index contributed by atoms with van der Waals surface area (Å²) >= 11 is 5.91. The molecule has 0 bridgehead atoms. The number of carbonyl (C=O) groups excluding carboxylic acids is 1. The third kappa shape index (κ3) is 3.65. The van der Waals surface area contributed by atoms with Crippen LogP contribution in [0.3, 0.4) is 0 Å². The number of nitro groups is 1. The van der Waals surface area contributed by atoms with Gasteiger partial charge in [0.1, 0.15) is 0 Å². The first-order valence-corrected chi connectivity index (χ1v) is 5.96. The molecule has 1 unspecified atom stereocenters. The number of non-ortho nitro benzene ring substituents is 1. The minimum absolute atomic E-state index is 0.0654. The first kappa shape index (κ1) is 15.4. The minimum atomic E-state index is -0.558. The van der Waals surface area contributed by atoms with Gasteiger partial charge in [0.05, 0.1) is 28.2 Å². The number of nitro benzene ring substituents is 1. The fraction of sp³-hybridized carbons (Fsp3) is 0.417. The molecule has 1 rings (SSSR count). The van der Waals surface area contributed by atoms with Crippen molar-refractivity contribution in [3.8, 4) is 0 Å². The van der Waals surface area contributed by atoms with E-state index in [2.05, 4.69) is 0 Å². The van der Waals surface area contributed by atoms with E-state index in [-0.39, 0.29) is 28.2 Å². The van der Waals surface area contributed by atoms with E-state index in [0.717, 1.165) is 0 Å². The fourth-order valence-corrected chi connectivity index (χ4v) is 1.79. The molecule has 0 N–H and O–H groups in total. The molecule has 6 nitrogen and oxygen atoms in total. The van der Waals surface area contributed by atoms with E-state index in [4.69, 9.17) is 16.3 Å². The van der Waals surface area contributed by atoms with Crippen LogP contribution in [-0.4, -0.2) is 42.5 Å². The van der Waals surface area contributed by atoms with Gasteiger partial charge in [-0.25, -0.2) is 0 Å². The number of hydrogen-bond acceptors (Lipinski definition) is 4. The number of amides is 1. The molecular weight excluding hydrogens is 272 g/mol. The second-order valence-electron chi connectivity index (χ2n) is 4.14. The van der Waals surface area contributed by atoms with Crippen molar-refractivity contribution < 1.29 is 14.5 Å². The monoisotopic (exact) mass is 286 g/mol. The van der Waals surface area contributed by atoms with Crippen molar-refractivity contribution in [2.24, 2.45) is 0 Å². The van der Waals surface area contributed by atoms with Crippen molar-refractivity contribution >= 4 is 23.2 Å². The molecule has 0 saturated carbocycles. The van der Waals surface area contributed by atoms with E-state index in [0.29, 0.717) is 6.61 Å². The second kappa shape index (κ2) is 6.49. The molecule has 104 valence electrons. The van der Waals surface area contributed by atoms with Crippen LogP contribution in [0.15, 0.2) is 18.2 Å². The van der Waals surface area contributed by atoms with Crippen LogP contribution in [0, 0.1) is 10.1 Å². The lowest BCUT2D eigenvalue weighted by atomic mass is 10.1. The standard InChI is InChI=1S/C12H15ClN2O4/c1-8(7-19-3)14(2)12(16)10-5-4-9(15(17)18)6-11(10)13/h4-6,8H,7H2,1-3H3. The van der Waals surface area contributed by atoms with E-state index in [1.807, 2.05) is 6.92 Å². The summed E-state index contributed by atoms with van der Waals surface area (Å²) in [6, 6.07) is 3.67. The Kier molecular flexibility index (Phi) is 5.26. The third-order valence-electron chi connectivity index (χ3n) is 2.78. The Balaban J connectivity index is 2.97. The molecule has 0 aliphatic heterocycles. The van der Waals surface area contributed by atoms with Crippen molar-refractivity contribution in [3.05, 3.63) is 38.9 Å². The fourth-order valence-electron chi connectivity index (χ4n) is 1.53. The zero-order chi connectivity index (χ0) is 14.6. The molecule has 0 saturated heterocycles. The van der Waals surface area contributed by atoms with Gasteiger partial charge < -0.3 is 9.64 Å². The Hall–Kier alpha value is -1.66. The average Bonchev–Trinajstić information content (AvgIpc) is 2.37. The maximum absolute atomic E-state index is 12.2. The Bertz CT molecular complexity index is 493. The molecule has 1 amide bonds. The largest absolute Gasteiger partial charge is 0.383 e. The van der Waals surface area contributed by atoms with Gasteiger partial charge in [0.15, 0.2) is 0 Å². The number of benzene rings is 1. The summed E-state index contributed by atoms with van der Waals surface area (Å²) < 4.78 is 4.98. The highest BCUT2D eigenvalue weighted by Crippen LogP contribution is 2.23. The van der Waals surface area contributed by atoms with Crippen molar-refractivity contribution in [1.29, 1.82) is 0 Å². The molecule has 1 aromatic rings. The molecule has 19 heavy (non-hydrogen) atoms. The smallest absolute Gasteiger partial charge is 0.270 e. The van der Waals surface area contributed by atoms with E-state index in [1.165, 1.54) is 23.1 Å². The first-order valence-electron chi connectivity index (χ1n) is 5.58. The number of nitrogens with zero attached hydrogens (tertiary/aromatic N) is 2. The van der Waals surface area contributed by atoms with Gasteiger partial charge in [0, 0.05) is 26.3 Å². The lowest BCUT2D eigenvalue weighted by Gasteiger charge is -2.24. The lowest BCUT2D eigenvalue weighted by Crippen LogP contribution is -2.37. The van der Waals surface area contributed by atoms with Crippen molar-refractivity contribution in [1.82, 2.24) is 4.90 Å². The van der Waals surface area contributed by atoms with Gasteiger partial charge in [-0.2, -0.15) is 0 Å². The third-order valence-corrected chi connectivity index (χ3v) is 3.10. The van der Waals surface area contributed by atoms with Crippen molar-refractivity contribution in [2.45, 2.75) is 13.0 Å². The van der Waals surface area contributed by atoms with Crippen LogP contribution in [0.2, 0.25) is 5.02 Å². The van der Waals surface area contributed by atoms with E-state index in [9.17, 15) is 14.9 Å². The SMILES string of the molecule is COCC(C)N(C)C(=O)c1ccc([N+](=O)[O-])cc1Cl. The highest BCUT2D eigenvalue weighted by Gasteiger charge is 2.21. The second-order valence-corrected chi connectivity index (χ2v) is 4.55. The lowest BCUT2D eigenvalue weighted by molar-refractivity contribution is -0.384. The zero-order valence-electron chi connectivity index (χ0n) is 10.9. The van der Waals surface area contributed by atoms with Gasteiger partial charge in [-0.3, -0.25) is 14.9 Å². The topological polar surface area (TPSA) is 72.7 Å². The number of hydrogen-bond donors (Lipinski definition) is 0. The molecule has 0 spiro atoms. The van der Waals surface area contributed by atoms with Crippen LogP contribution in [-0.2, 0) is 4.74 Å². The first-order chi connectivity index (χ1) is 8.88. The Morgan fingerprint density at radius 2 is 2.21 bits per heavy atom. The highest BCUT2D eigenvalue weighted by molar-refractivity contribution is 6.34. The number of methoxy groups -OCH3 is 1. The summed E-state index contributed by atoms with van der Waals surface area (Å²) in [4.78, 5) is 23.7. The van der Waals surface area contributed by atoms with E-state index < -0.39 is 4.92 Å². The van der Waals surface area contributed by atoms with E-state index in [1.54, 1.807) is 14.2 Å². The van der Waals surface area contributed by atoms with Gasteiger partial charge in [0.25, 0.3) is 11.6 Å². The van der Waals surface area contributed by atoms with Crippen molar-refractivity contribution in [3.63, 3.8) is 0 Å². The number of carbonyl (C=O) groups is 1. The van der Waals surface area contributed by atoms with Crippen LogP contribution in [0.5, 0.6) is 0 Å². The van der Waals surface area contributed by atoms with Gasteiger partial charge in [-0.1, -0.05) is 11.6 Å². The Morgan fingerprint density at radius 1 is 1.58 bits per heavy atom. The molecule has 0 heterocycles. The molecule has 0 aliphatic rings.